The lowest BCUT2D eigenvalue weighted by Crippen LogP contribution is -2.26. The number of rotatable bonds is 7. The molecule has 1 fully saturated rings. The summed E-state index contributed by atoms with van der Waals surface area (Å²) in [5, 5.41) is 8.94. The van der Waals surface area contributed by atoms with Gasteiger partial charge in [0.2, 0.25) is 5.91 Å². The van der Waals surface area contributed by atoms with Crippen LogP contribution >= 0.6 is 0 Å². The fourth-order valence-corrected chi connectivity index (χ4v) is 2.55. The third kappa shape index (κ3) is 5.65. The van der Waals surface area contributed by atoms with Crippen LogP contribution in [0.25, 0.3) is 0 Å². The van der Waals surface area contributed by atoms with E-state index in [1.165, 1.54) is 7.11 Å². The molecule has 1 heterocycles. The van der Waals surface area contributed by atoms with Crippen LogP contribution in [0.1, 0.15) is 26.2 Å². The Kier molecular flexibility index (Phi) is 6.55. The molecule has 6 heteroatoms. The number of hydrogen-bond acceptors (Lipinski definition) is 4. The number of methoxy groups -OCH3 is 1. The van der Waals surface area contributed by atoms with E-state index in [9.17, 15) is 9.59 Å². The molecule has 2 rings (SSSR count). The zero-order valence-electron chi connectivity index (χ0n) is 13.7. The number of carbonyl (C=O) groups is 2. The lowest BCUT2D eigenvalue weighted by molar-refractivity contribution is -0.124. The molecule has 3 N–H and O–H groups in total. The zero-order chi connectivity index (χ0) is 16.7. The van der Waals surface area contributed by atoms with Crippen molar-refractivity contribution in [3.63, 3.8) is 0 Å². The fourth-order valence-electron chi connectivity index (χ4n) is 2.55. The molecule has 126 valence electrons. The Hall–Kier alpha value is -1.92. The highest BCUT2D eigenvalue weighted by atomic mass is 16.5. The van der Waals surface area contributed by atoms with Crippen molar-refractivity contribution < 1.29 is 14.3 Å². The van der Waals surface area contributed by atoms with Crippen LogP contribution in [0.3, 0.4) is 0 Å². The van der Waals surface area contributed by atoms with Crippen LogP contribution in [0.5, 0.6) is 0 Å². The van der Waals surface area contributed by atoms with Gasteiger partial charge < -0.3 is 20.7 Å². The van der Waals surface area contributed by atoms with Crippen molar-refractivity contribution in [3.05, 3.63) is 24.3 Å². The molecule has 0 bridgehead atoms. The molecule has 0 radical (unpaired) electrons. The van der Waals surface area contributed by atoms with E-state index in [0.29, 0.717) is 23.7 Å². The fraction of sp³-hybridized carbons (Fsp3) is 0.529. The van der Waals surface area contributed by atoms with Crippen LogP contribution in [0.4, 0.5) is 11.4 Å². The number of amides is 2. The number of ether oxygens (including phenoxy) is 1. The van der Waals surface area contributed by atoms with Crippen molar-refractivity contribution in [2.24, 2.45) is 5.92 Å². The minimum absolute atomic E-state index is 0.00522. The van der Waals surface area contributed by atoms with Gasteiger partial charge in [0.1, 0.15) is 6.10 Å². The number of anilines is 2. The number of carbonyl (C=O) groups excluding carboxylic acids is 2. The first kappa shape index (κ1) is 17.4. The summed E-state index contributed by atoms with van der Waals surface area (Å²) < 4.78 is 4.97. The maximum atomic E-state index is 12.0. The minimum Gasteiger partial charge on any atom is -0.372 e. The van der Waals surface area contributed by atoms with Gasteiger partial charge in [-0.1, -0.05) is 6.07 Å². The summed E-state index contributed by atoms with van der Waals surface area (Å²) in [6.07, 6.45) is 2.05. The summed E-state index contributed by atoms with van der Waals surface area (Å²) in [6.45, 7) is 3.74. The summed E-state index contributed by atoms with van der Waals surface area (Å²) in [6, 6.07) is 7.13. The largest absolute Gasteiger partial charge is 0.372 e. The Morgan fingerprint density at radius 2 is 2.09 bits per heavy atom. The molecule has 1 saturated heterocycles. The monoisotopic (exact) mass is 319 g/mol. The van der Waals surface area contributed by atoms with E-state index in [0.717, 1.165) is 25.9 Å². The molecule has 0 saturated carbocycles. The molecule has 6 nitrogen and oxygen atoms in total. The molecular formula is C17H25N3O3. The van der Waals surface area contributed by atoms with Gasteiger partial charge in [0.25, 0.3) is 5.91 Å². The molecule has 0 spiro atoms. The van der Waals surface area contributed by atoms with Gasteiger partial charge in [-0.05, 0) is 57.0 Å². The van der Waals surface area contributed by atoms with Crippen molar-refractivity contribution in [1.29, 1.82) is 0 Å². The van der Waals surface area contributed by atoms with Gasteiger partial charge in [-0.2, -0.15) is 0 Å². The third-order valence-corrected chi connectivity index (χ3v) is 4.08. The Morgan fingerprint density at radius 1 is 1.35 bits per heavy atom. The van der Waals surface area contributed by atoms with Gasteiger partial charge in [-0.3, -0.25) is 9.59 Å². The van der Waals surface area contributed by atoms with Crippen LogP contribution in [-0.2, 0) is 14.3 Å². The van der Waals surface area contributed by atoms with Crippen LogP contribution in [0, 0.1) is 5.92 Å². The molecule has 0 aliphatic carbocycles. The molecule has 1 aliphatic heterocycles. The summed E-state index contributed by atoms with van der Waals surface area (Å²) in [5.74, 6) is 0.386. The highest BCUT2D eigenvalue weighted by Gasteiger charge is 2.16. The number of nitrogens with one attached hydrogen (secondary N) is 3. The molecule has 2 unspecified atom stereocenters. The van der Waals surface area contributed by atoms with Crippen LogP contribution < -0.4 is 16.0 Å². The molecule has 2 amide bonds. The minimum atomic E-state index is -0.520. The number of benzene rings is 1. The molecule has 23 heavy (non-hydrogen) atoms. The van der Waals surface area contributed by atoms with Crippen LogP contribution in [-0.4, -0.2) is 38.1 Å². The zero-order valence-corrected chi connectivity index (χ0v) is 13.7. The predicted octanol–water partition coefficient (Wildman–Crippen LogP) is 1.99. The van der Waals surface area contributed by atoms with E-state index in [1.807, 2.05) is 6.07 Å². The van der Waals surface area contributed by atoms with Gasteiger partial charge in [0.15, 0.2) is 0 Å². The molecule has 1 aliphatic rings. The Balaban J connectivity index is 1.83. The van der Waals surface area contributed by atoms with E-state index in [2.05, 4.69) is 16.0 Å². The summed E-state index contributed by atoms with van der Waals surface area (Å²) >= 11 is 0. The van der Waals surface area contributed by atoms with Crippen LogP contribution in [0.15, 0.2) is 24.3 Å². The predicted molar refractivity (Wildman–Crippen MR) is 90.4 cm³/mol. The third-order valence-electron chi connectivity index (χ3n) is 4.08. The van der Waals surface area contributed by atoms with Crippen molar-refractivity contribution in [2.75, 3.05) is 30.8 Å². The Labute approximate surface area is 137 Å². The average molecular weight is 319 g/mol. The first-order chi connectivity index (χ1) is 11.1. The summed E-state index contributed by atoms with van der Waals surface area (Å²) in [7, 11) is 1.49. The van der Waals surface area contributed by atoms with E-state index in [1.54, 1.807) is 25.1 Å². The van der Waals surface area contributed by atoms with E-state index >= 15 is 0 Å². The smallest absolute Gasteiger partial charge is 0.253 e. The second-order valence-corrected chi connectivity index (χ2v) is 5.89. The maximum Gasteiger partial charge on any atom is 0.253 e. The molecule has 0 aromatic heterocycles. The lowest BCUT2D eigenvalue weighted by atomic mass is 10.0. The van der Waals surface area contributed by atoms with Gasteiger partial charge in [-0.25, -0.2) is 0 Å². The SMILES string of the molecule is COC(C)C(=O)Nc1cccc(NC(=O)CCC2CCNC2)c1. The van der Waals surface area contributed by atoms with Crippen LogP contribution in [0.2, 0.25) is 0 Å². The van der Waals surface area contributed by atoms with Crippen molar-refractivity contribution in [3.8, 4) is 0 Å². The van der Waals surface area contributed by atoms with E-state index in [4.69, 9.17) is 4.74 Å². The van der Waals surface area contributed by atoms with E-state index < -0.39 is 6.10 Å². The van der Waals surface area contributed by atoms with Crippen molar-refractivity contribution in [1.82, 2.24) is 5.32 Å². The molecule has 1 aromatic carbocycles. The molecular weight excluding hydrogens is 294 g/mol. The Bertz CT molecular complexity index is 542. The van der Waals surface area contributed by atoms with Gasteiger partial charge in [0.05, 0.1) is 0 Å². The molecule has 2 atom stereocenters. The Morgan fingerprint density at radius 3 is 2.74 bits per heavy atom. The normalized spacial score (nSPS) is 18.4. The van der Waals surface area contributed by atoms with Gasteiger partial charge >= 0.3 is 0 Å². The highest BCUT2D eigenvalue weighted by Crippen LogP contribution is 2.18. The topological polar surface area (TPSA) is 79.5 Å². The number of hydrogen-bond donors (Lipinski definition) is 3. The van der Waals surface area contributed by atoms with E-state index in [-0.39, 0.29) is 11.8 Å². The maximum absolute atomic E-state index is 12.0. The standard InChI is InChI=1S/C17H25N3O3/c1-12(23-2)17(22)20-15-5-3-4-14(10-15)19-16(21)7-6-13-8-9-18-11-13/h3-5,10,12-13,18H,6-9,11H2,1-2H3,(H,19,21)(H,20,22). The second-order valence-electron chi connectivity index (χ2n) is 5.89. The first-order valence-corrected chi connectivity index (χ1v) is 8.02. The second kappa shape index (κ2) is 8.64. The highest BCUT2D eigenvalue weighted by molar-refractivity contribution is 5.95. The van der Waals surface area contributed by atoms with Gasteiger partial charge in [0, 0.05) is 24.9 Å². The summed E-state index contributed by atoms with van der Waals surface area (Å²) in [4.78, 5) is 23.8. The van der Waals surface area contributed by atoms with Crippen molar-refractivity contribution >= 4 is 23.2 Å². The quantitative estimate of drug-likeness (QED) is 0.718. The molecule has 1 aromatic rings. The lowest BCUT2D eigenvalue weighted by Gasteiger charge is -2.12. The van der Waals surface area contributed by atoms with Gasteiger partial charge in [-0.15, -0.1) is 0 Å². The average Bonchev–Trinajstić information content (AvgIpc) is 3.06. The summed E-state index contributed by atoms with van der Waals surface area (Å²) in [5.41, 5.74) is 1.32. The van der Waals surface area contributed by atoms with Crippen molar-refractivity contribution in [2.45, 2.75) is 32.3 Å². The first-order valence-electron chi connectivity index (χ1n) is 8.02.